The molecular formula is C13H21NO3. The van der Waals surface area contributed by atoms with Crippen molar-refractivity contribution >= 4 is 5.69 Å². The van der Waals surface area contributed by atoms with Crippen LogP contribution in [0.15, 0.2) is 18.2 Å². The third kappa shape index (κ3) is 4.63. The Hall–Kier alpha value is -1.26. The molecular weight excluding hydrogens is 218 g/mol. The summed E-state index contributed by atoms with van der Waals surface area (Å²) < 4.78 is 16.4. The van der Waals surface area contributed by atoms with Gasteiger partial charge in [-0.1, -0.05) is 6.07 Å². The molecule has 0 radical (unpaired) electrons. The van der Waals surface area contributed by atoms with Gasteiger partial charge in [0, 0.05) is 25.0 Å². The van der Waals surface area contributed by atoms with E-state index in [1.165, 1.54) is 0 Å². The standard InChI is InChI=1S/C13H21NO3/c1-4-15-13(16-5-2)9-17-12-8-11(14)7-6-10(12)3/h6-8,13H,4-5,9,14H2,1-3H3. The van der Waals surface area contributed by atoms with Crippen LogP contribution in [0, 0.1) is 6.92 Å². The molecule has 1 rings (SSSR count). The molecule has 0 heterocycles. The Morgan fingerprint density at radius 3 is 2.41 bits per heavy atom. The first-order valence-corrected chi connectivity index (χ1v) is 5.89. The van der Waals surface area contributed by atoms with Crippen LogP contribution in [0.1, 0.15) is 19.4 Å². The molecule has 0 bridgehead atoms. The van der Waals surface area contributed by atoms with Crippen molar-refractivity contribution in [3.8, 4) is 5.75 Å². The summed E-state index contributed by atoms with van der Waals surface area (Å²) in [6.45, 7) is 7.40. The van der Waals surface area contributed by atoms with Gasteiger partial charge >= 0.3 is 0 Å². The number of hydrogen-bond donors (Lipinski definition) is 1. The van der Waals surface area contributed by atoms with Crippen LogP contribution < -0.4 is 10.5 Å². The normalized spacial score (nSPS) is 10.8. The van der Waals surface area contributed by atoms with Crippen LogP contribution in [0.3, 0.4) is 0 Å². The van der Waals surface area contributed by atoms with E-state index in [0.29, 0.717) is 25.5 Å². The molecule has 0 aliphatic carbocycles. The quantitative estimate of drug-likeness (QED) is 0.586. The number of anilines is 1. The first-order chi connectivity index (χ1) is 8.17. The molecule has 0 fully saturated rings. The second kappa shape index (κ2) is 7.14. The second-order valence-electron chi connectivity index (χ2n) is 3.68. The van der Waals surface area contributed by atoms with E-state index in [1.54, 1.807) is 0 Å². The smallest absolute Gasteiger partial charge is 0.191 e. The van der Waals surface area contributed by atoms with E-state index in [2.05, 4.69) is 0 Å². The molecule has 4 nitrogen and oxygen atoms in total. The number of hydrogen-bond acceptors (Lipinski definition) is 4. The summed E-state index contributed by atoms with van der Waals surface area (Å²) in [6, 6.07) is 5.59. The highest BCUT2D eigenvalue weighted by molar-refractivity contribution is 5.47. The van der Waals surface area contributed by atoms with Gasteiger partial charge < -0.3 is 19.9 Å². The molecule has 0 atom stereocenters. The van der Waals surface area contributed by atoms with E-state index in [0.717, 1.165) is 11.3 Å². The minimum Gasteiger partial charge on any atom is -0.488 e. The molecule has 0 unspecified atom stereocenters. The van der Waals surface area contributed by atoms with Gasteiger partial charge in [-0.15, -0.1) is 0 Å². The lowest BCUT2D eigenvalue weighted by atomic mass is 10.2. The molecule has 0 aliphatic heterocycles. The number of aryl methyl sites for hydroxylation is 1. The molecule has 1 aromatic rings. The van der Waals surface area contributed by atoms with Gasteiger partial charge in [0.2, 0.25) is 0 Å². The molecule has 0 spiro atoms. The average Bonchev–Trinajstić information content (AvgIpc) is 2.30. The molecule has 1 aromatic carbocycles. The summed E-state index contributed by atoms with van der Waals surface area (Å²) in [6.07, 6.45) is -0.328. The Labute approximate surface area is 103 Å². The van der Waals surface area contributed by atoms with Crippen LogP contribution in [-0.2, 0) is 9.47 Å². The van der Waals surface area contributed by atoms with Crippen molar-refractivity contribution in [1.29, 1.82) is 0 Å². The lowest BCUT2D eigenvalue weighted by Crippen LogP contribution is -2.25. The van der Waals surface area contributed by atoms with Gasteiger partial charge in [0.05, 0.1) is 0 Å². The van der Waals surface area contributed by atoms with Gasteiger partial charge in [0.25, 0.3) is 0 Å². The SMILES string of the molecule is CCOC(COc1cc(N)ccc1C)OCC. The maximum atomic E-state index is 5.71. The third-order valence-electron chi connectivity index (χ3n) is 2.29. The maximum absolute atomic E-state index is 5.71. The van der Waals surface area contributed by atoms with Crippen molar-refractivity contribution in [2.75, 3.05) is 25.6 Å². The fraction of sp³-hybridized carbons (Fsp3) is 0.538. The van der Waals surface area contributed by atoms with Crippen molar-refractivity contribution in [2.24, 2.45) is 0 Å². The number of benzene rings is 1. The van der Waals surface area contributed by atoms with Crippen LogP contribution in [-0.4, -0.2) is 26.1 Å². The summed E-state index contributed by atoms with van der Waals surface area (Å²) in [5, 5.41) is 0. The molecule has 0 aromatic heterocycles. The van der Waals surface area contributed by atoms with E-state index < -0.39 is 0 Å². The molecule has 0 saturated heterocycles. The average molecular weight is 239 g/mol. The zero-order valence-corrected chi connectivity index (χ0v) is 10.7. The molecule has 2 N–H and O–H groups in total. The Morgan fingerprint density at radius 1 is 1.18 bits per heavy atom. The third-order valence-corrected chi connectivity index (χ3v) is 2.29. The monoisotopic (exact) mass is 239 g/mol. The number of rotatable bonds is 7. The fourth-order valence-corrected chi connectivity index (χ4v) is 1.45. The highest BCUT2D eigenvalue weighted by Crippen LogP contribution is 2.21. The Kier molecular flexibility index (Phi) is 5.80. The Balaban J connectivity index is 2.55. The topological polar surface area (TPSA) is 53.7 Å². The van der Waals surface area contributed by atoms with E-state index in [-0.39, 0.29) is 6.29 Å². The largest absolute Gasteiger partial charge is 0.488 e. The predicted molar refractivity (Wildman–Crippen MR) is 68.1 cm³/mol. The highest BCUT2D eigenvalue weighted by Gasteiger charge is 2.09. The van der Waals surface area contributed by atoms with Crippen molar-refractivity contribution < 1.29 is 14.2 Å². The Bertz CT molecular complexity index is 335. The van der Waals surface area contributed by atoms with Crippen LogP contribution >= 0.6 is 0 Å². The van der Waals surface area contributed by atoms with Gasteiger partial charge in [-0.2, -0.15) is 0 Å². The molecule has 0 amide bonds. The van der Waals surface area contributed by atoms with Gasteiger partial charge in [0.15, 0.2) is 6.29 Å². The highest BCUT2D eigenvalue weighted by atomic mass is 16.7. The molecule has 0 saturated carbocycles. The van der Waals surface area contributed by atoms with Crippen LogP contribution in [0.5, 0.6) is 5.75 Å². The molecule has 17 heavy (non-hydrogen) atoms. The second-order valence-corrected chi connectivity index (χ2v) is 3.68. The summed E-state index contributed by atoms with van der Waals surface area (Å²) >= 11 is 0. The minimum atomic E-state index is -0.328. The van der Waals surface area contributed by atoms with Gasteiger partial charge in [0.1, 0.15) is 12.4 Å². The first kappa shape index (κ1) is 13.8. The predicted octanol–water partition coefficient (Wildman–Crippen LogP) is 2.36. The maximum Gasteiger partial charge on any atom is 0.191 e. The lowest BCUT2D eigenvalue weighted by Gasteiger charge is -2.18. The fourth-order valence-electron chi connectivity index (χ4n) is 1.45. The van der Waals surface area contributed by atoms with E-state index in [1.807, 2.05) is 39.0 Å². The Morgan fingerprint density at radius 2 is 1.82 bits per heavy atom. The zero-order chi connectivity index (χ0) is 12.7. The number of ether oxygens (including phenoxy) is 3. The summed E-state index contributed by atoms with van der Waals surface area (Å²) in [5.74, 6) is 0.773. The molecule has 4 heteroatoms. The lowest BCUT2D eigenvalue weighted by molar-refractivity contribution is -0.152. The molecule has 0 aliphatic rings. The van der Waals surface area contributed by atoms with Crippen molar-refractivity contribution in [3.05, 3.63) is 23.8 Å². The van der Waals surface area contributed by atoms with Gasteiger partial charge in [-0.25, -0.2) is 0 Å². The summed E-state index contributed by atoms with van der Waals surface area (Å²) in [7, 11) is 0. The van der Waals surface area contributed by atoms with Crippen LogP contribution in [0.25, 0.3) is 0 Å². The van der Waals surface area contributed by atoms with E-state index in [4.69, 9.17) is 19.9 Å². The minimum absolute atomic E-state index is 0.328. The number of nitrogens with two attached hydrogens (primary N) is 1. The van der Waals surface area contributed by atoms with Crippen molar-refractivity contribution in [2.45, 2.75) is 27.1 Å². The summed E-state index contributed by atoms with van der Waals surface area (Å²) in [4.78, 5) is 0. The van der Waals surface area contributed by atoms with E-state index >= 15 is 0 Å². The first-order valence-electron chi connectivity index (χ1n) is 5.89. The summed E-state index contributed by atoms with van der Waals surface area (Å²) in [5.41, 5.74) is 7.45. The van der Waals surface area contributed by atoms with Crippen LogP contribution in [0.2, 0.25) is 0 Å². The van der Waals surface area contributed by atoms with E-state index in [9.17, 15) is 0 Å². The van der Waals surface area contributed by atoms with Crippen LogP contribution in [0.4, 0.5) is 5.69 Å². The van der Waals surface area contributed by atoms with Crippen molar-refractivity contribution in [3.63, 3.8) is 0 Å². The van der Waals surface area contributed by atoms with Gasteiger partial charge in [-0.05, 0) is 32.4 Å². The van der Waals surface area contributed by atoms with Crippen molar-refractivity contribution in [1.82, 2.24) is 0 Å². The number of nitrogen functional groups attached to an aromatic ring is 1. The molecule has 96 valence electrons. The zero-order valence-electron chi connectivity index (χ0n) is 10.7. The van der Waals surface area contributed by atoms with Gasteiger partial charge in [-0.3, -0.25) is 0 Å².